The van der Waals surface area contributed by atoms with Crippen molar-refractivity contribution in [2.45, 2.75) is 13.0 Å². The number of nitrogens with zero attached hydrogens (tertiary/aromatic N) is 2. The molecule has 5 rings (SSSR count). The van der Waals surface area contributed by atoms with Crippen LogP contribution < -0.4 is 19.7 Å². The predicted molar refractivity (Wildman–Crippen MR) is 106 cm³/mol. The molecule has 0 saturated heterocycles. The number of anilines is 2. The van der Waals surface area contributed by atoms with Crippen LogP contribution in [-0.2, 0) is 13.0 Å². The van der Waals surface area contributed by atoms with Gasteiger partial charge in [-0.25, -0.2) is 4.98 Å². The summed E-state index contributed by atoms with van der Waals surface area (Å²) < 4.78 is 10.6. The predicted octanol–water partition coefficient (Wildman–Crippen LogP) is 3.63. The number of hydrogen-bond donors (Lipinski definition) is 1. The van der Waals surface area contributed by atoms with Crippen molar-refractivity contribution in [1.82, 2.24) is 4.98 Å². The molecule has 2 aliphatic heterocycles. The Hall–Kier alpha value is -3.54. The molecule has 0 unspecified atom stereocenters. The van der Waals surface area contributed by atoms with Gasteiger partial charge in [0.05, 0.1) is 11.9 Å². The third kappa shape index (κ3) is 3.13. The van der Waals surface area contributed by atoms with Crippen LogP contribution in [0.2, 0.25) is 0 Å². The van der Waals surface area contributed by atoms with E-state index in [1.165, 1.54) is 11.1 Å². The zero-order valence-corrected chi connectivity index (χ0v) is 15.2. The molecule has 0 spiro atoms. The molecular weight excluding hydrogens is 354 g/mol. The number of benzene rings is 2. The summed E-state index contributed by atoms with van der Waals surface area (Å²) in [5.74, 6) is 1.06. The van der Waals surface area contributed by atoms with Gasteiger partial charge in [0, 0.05) is 24.8 Å². The quantitative estimate of drug-likeness (QED) is 0.760. The number of pyridine rings is 1. The maximum atomic E-state index is 12.5. The van der Waals surface area contributed by atoms with Crippen molar-refractivity contribution in [3.63, 3.8) is 0 Å². The molecule has 1 amide bonds. The van der Waals surface area contributed by atoms with E-state index in [1.54, 1.807) is 30.5 Å². The number of amides is 1. The van der Waals surface area contributed by atoms with E-state index in [1.807, 2.05) is 6.07 Å². The van der Waals surface area contributed by atoms with Crippen molar-refractivity contribution < 1.29 is 14.3 Å². The molecule has 1 aromatic heterocycles. The standard InChI is InChI=1S/C22H19N3O3/c26-22(24-17-5-8-20-21(11-17)28-14-27-20)19-7-6-18(12-23-19)25-10-9-15-3-1-2-4-16(15)13-25/h1-8,11-12H,9-10,13-14H2,(H,24,26). The molecule has 0 aliphatic carbocycles. The van der Waals surface area contributed by atoms with Crippen molar-refractivity contribution >= 4 is 17.3 Å². The number of carbonyl (C=O) groups is 1. The fourth-order valence-corrected chi connectivity index (χ4v) is 3.59. The Kier molecular flexibility index (Phi) is 4.09. The van der Waals surface area contributed by atoms with Crippen LogP contribution in [0.5, 0.6) is 11.5 Å². The zero-order valence-electron chi connectivity index (χ0n) is 15.2. The van der Waals surface area contributed by atoms with Crippen molar-refractivity contribution in [3.05, 3.63) is 77.6 Å². The van der Waals surface area contributed by atoms with Gasteiger partial charge in [-0.15, -0.1) is 0 Å². The largest absolute Gasteiger partial charge is 0.454 e. The lowest BCUT2D eigenvalue weighted by Crippen LogP contribution is -2.30. The van der Waals surface area contributed by atoms with Gasteiger partial charge in [0.15, 0.2) is 11.5 Å². The number of carbonyl (C=O) groups excluding carboxylic acids is 1. The van der Waals surface area contributed by atoms with Gasteiger partial charge < -0.3 is 19.7 Å². The first-order chi connectivity index (χ1) is 13.8. The number of aromatic nitrogens is 1. The molecule has 0 bridgehead atoms. The van der Waals surface area contributed by atoms with E-state index in [2.05, 4.69) is 39.5 Å². The average molecular weight is 373 g/mol. The Morgan fingerprint density at radius 1 is 1.00 bits per heavy atom. The normalized spacial score (nSPS) is 14.5. The highest BCUT2D eigenvalue weighted by molar-refractivity contribution is 6.03. The topological polar surface area (TPSA) is 63.7 Å². The molecule has 28 heavy (non-hydrogen) atoms. The van der Waals surface area contributed by atoms with Crippen molar-refractivity contribution in [3.8, 4) is 11.5 Å². The number of rotatable bonds is 3. The first-order valence-corrected chi connectivity index (χ1v) is 9.25. The van der Waals surface area contributed by atoms with E-state index < -0.39 is 0 Å². The van der Waals surface area contributed by atoms with E-state index in [9.17, 15) is 4.79 Å². The first-order valence-electron chi connectivity index (χ1n) is 9.25. The van der Waals surface area contributed by atoms with Gasteiger partial charge in [0.1, 0.15) is 5.69 Å². The molecule has 3 aromatic rings. The molecule has 6 heteroatoms. The van der Waals surface area contributed by atoms with Crippen LogP contribution >= 0.6 is 0 Å². The summed E-state index contributed by atoms with van der Waals surface area (Å²) in [6.07, 6.45) is 2.78. The number of fused-ring (bicyclic) bond motifs is 2. The molecule has 0 fully saturated rings. The highest BCUT2D eigenvalue weighted by Gasteiger charge is 2.18. The lowest BCUT2D eigenvalue weighted by atomic mass is 10.00. The van der Waals surface area contributed by atoms with Crippen molar-refractivity contribution in [2.75, 3.05) is 23.6 Å². The van der Waals surface area contributed by atoms with Crippen LogP contribution in [0, 0.1) is 0 Å². The van der Waals surface area contributed by atoms with Crippen LogP contribution in [0.15, 0.2) is 60.8 Å². The molecule has 0 saturated carbocycles. The molecule has 2 aliphatic rings. The smallest absolute Gasteiger partial charge is 0.274 e. The van der Waals surface area contributed by atoms with Crippen LogP contribution in [0.25, 0.3) is 0 Å². The minimum absolute atomic E-state index is 0.205. The second-order valence-electron chi connectivity index (χ2n) is 6.86. The van der Waals surface area contributed by atoms with Crippen LogP contribution in [-0.4, -0.2) is 24.2 Å². The molecule has 2 aromatic carbocycles. The van der Waals surface area contributed by atoms with Gasteiger partial charge in [0.25, 0.3) is 5.91 Å². The number of ether oxygens (including phenoxy) is 2. The fraction of sp³-hybridized carbons (Fsp3) is 0.182. The Morgan fingerprint density at radius 2 is 1.86 bits per heavy atom. The molecule has 1 N–H and O–H groups in total. The minimum Gasteiger partial charge on any atom is -0.454 e. The van der Waals surface area contributed by atoms with E-state index in [0.29, 0.717) is 22.9 Å². The monoisotopic (exact) mass is 373 g/mol. The Bertz CT molecular complexity index is 1030. The Labute approximate surface area is 162 Å². The Morgan fingerprint density at radius 3 is 2.71 bits per heavy atom. The average Bonchev–Trinajstić information content (AvgIpc) is 3.21. The van der Waals surface area contributed by atoms with Gasteiger partial charge >= 0.3 is 0 Å². The second-order valence-corrected chi connectivity index (χ2v) is 6.86. The zero-order chi connectivity index (χ0) is 18.9. The second kappa shape index (κ2) is 6.88. The summed E-state index contributed by atoms with van der Waals surface area (Å²) >= 11 is 0. The molecular formula is C22H19N3O3. The SMILES string of the molecule is O=C(Nc1ccc2c(c1)OCO2)c1ccc(N2CCc3ccccc3C2)cn1. The van der Waals surface area contributed by atoms with Gasteiger partial charge in [-0.3, -0.25) is 4.79 Å². The third-order valence-electron chi connectivity index (χ3n) is 5.11. The van der Waals surface area contributed by atoms with Gasteiger partial charge in [-0.2, -0.15) is 0 Å². The summed E-state index contributed by atoms with van der Waals surface area (Å²) in [6.45, 7) is 2.01. The first kappa shape index (κ1) is 16.6. The van der Waals surface area contributed by atoms with Gasteiger partial charge in [0.2, 0.25) is 6.79 Å². The molecule has 0 radical (unpaired) electrons. The summed E-state index contributed by atoms with van der Waals surface area (Å²) in [6, 6.07) is 17.5. The summed E-state index contributed by atoms with van der Waals surface area (Å²) in [5.41, 5.74) is 4.80. The van der Waals surface area contributed by atoms with Crippen molar-refractivity contribution in [2.24, 2.45) is 0 Å². The van der Waals surface area contributed by atoms with Crippen LogP contribution in [0.3, 0.4) is 0 Å². The lowest BCUT2D eigenvalue weighted by molar-refractivity contribution is 0.102. The molecule has 140 valence electrons. The molecule has 0 atom stereocenters. The lowest BCUT2D eigenvalue weighted by Gasteiger charge is -2.30. The van der Waals surface area contributed by atoms with Crippen LogP contribution in [0.4, 0.5) is 11.4 Å². The molecule has 6 nitrogen and oxygen atoms in total. The van der Waals surface area contributed by atoms with Gasteiger partial charge in [-0.05, 0) is 41.8 Å². The van der Waals surface area contributed by atoms with Crippen molar-refractivity contribution in [1.29, 1.82) is 0 Å². The van der Waals surface area contributed by atoms with E-state index in [0.717, 1.165) is 25.2 Å². The van der Waals surface area contributed by atoms with E-state index >= 15 is 0 Å². The van der Waals surface area contributed by atoms with Gasteiger partial charge in [-0.1, -0.05) is 24.3 Å². The van der Waals surface area contributed by atoms with E-state index in [4.69, 9.17) is 9.47 Å². The maximum absolute atomic E-state index is 12.5. The Balaban J connectivity index is 1.28. The third-order valence-corrected chi connectivity index (χ3v) is 5.11. The fourth-order valence-electron chi connectivity index (χ4n) is 3.59. The number of hydrogen-bond acceptors (Lipinski definition) is 5. The van der Waals surface area contributed by atoms with Crippen LogP contribution in [0.1, 0.15) is 21.6 Å². The van der Waals surface area contributed by atoms with E-state index in [-0.39, 0.29) is 12.7 Å². The summed E-state index contributed by atoms with van der Waals surface area (Å²) in [5, 5.41) is 2.85. The highest BCUT2D eigenvalue weighted by atomic mass is 16.7. The minimum atomic E-state index is -0.255. The number of nitrogens with one attached hydrogen (secondary N) is 1. The summed E-state index contributed by atoms with van der Waals surface area (Å²) in [7, 11) is 0. The highest BCUT2D eigenvalue weighted by Crippen LogP contribution is 2.34. The summed E-state index contributed by atoms with van der Waals surface area (Å²) in [4.78, 5) is 19.2. The molecule has 3 heterocycles. The maximum Gasteiger partial charge on any atom is 0.274 e.